The maximum atomic E-state index is 10.8. The van der Waals surface area contributed by atoms with Crippen molar-refractivity contribution in [1.82, 2.24) is 0 Å². The molecule has 3 rings (SSSR count). The molecule has 0 heterocycles. The van der Waals surface area contributed by atoms with Crippen LogP contribution in [0, 0.1) is 10.1 Å². The Bertz CT molecular complexity index is 936. The number of nitro groups is 1. The van der Waals surface area contributed by atoms with E-state index in [4.69, 9.17) is 5.73 Å². The highest BCUT2D eigenvalue weighted by molar-refractivity contribution is 6.03. The van der Waals surface area contributed by atoms with Gasteiger partial charge < -0.3 is 10.8 Å². The van der Waals surface area contributed by atoms with Gasteiger partial charge in [-0.15, -0.1) is 0 Å². The van der Waals surface area contributed by atoms with E-state index in [1.807, 2.05) is 30.3 Å². The number of nitrogens with zero attached hydrogens (tertiary/aromatic N) is 2. The number of phenolic OH excluding ortho intramolecular Hbond substituents is 1. The minimum absolute atomic E-state index is 0.0800. The molecule has 0 saturated heterocycles. The zero-order chi connectivity index (χ0) is 16.4. The first-order valence-electron chi connectivity index (χ1n) is 6.85. The molecule has 0 radical (unpaired) electrons. The molecule has 0 aliphatic carbocycles. The average molecular weight is 307 g/mol. The van der Waals surface area contributed by atoms with Gasteiger partial charge in [0.25, 0.3) is 5.69 Å². The number of phenols is 1. The number of nitrogen functional groups attached to an aromatic ring is 1. The molecule has 0 aromatic heterocycles. The SMILES string of the molecule is Nc1ccc([N+](=O)[O-])cc1N=Cc1c(O)ccc2ccccc12. The normalized spacial score (nSPS) is 11.1. The van der Waals surface area contributed by atoms with Gasteiger partial charge in [0.1, 0.15) is 5.75 Å². The molecule has 23 heavy (non-hydrogen) atoms. The van der Waals surface area contributed by atoms with Gasteiger partial charge in [-0.05, 0) is 22.9 Å². The Balaban J connectivity index is 2.09. The van der Waals surface area contributed by atoms with Crippen molar-refractivity contribution in [2.75, 3.05) is 5.73 Å². The highest BCUT2D eigenvalue weighted by Crippen LogP contribution is 2.29. The molecular formula is C17H13N3O3. The van der Waals surface area contributed by atoms with Crippen LogP contribution in [0.4, 0.5) is 17.1 Å². The van der Waals surface area contributed by atoms with Crippen molar-refractivity contribution in [2.24, 2.45) is 4.99 Å². The molecule has 114 valence electrons. The lowest BCUT2D eigenvalue weighted by Gasteiger charge is -2.05. The first kappa shape index (κ1) is 14.5. The molecule has 3 N–H and O–H groups in total. The Morgan fingerprint density at radius 3 is 2.70 bits per heavy atom. The molecule has 3 aromatic carbocycles. The van der Waals surface area contributed by atoms with Crippen molar-refractivity contribution in [3.63, 3.8) is 0 Å². The van der Waals surface area contributed by atoms with Crippen LogP contribution in [0.2, 0.25) is 0 Å². The van der Waals surface area contributed by atoms with Crippen molar-refractivity contribution in [2.45, 2.75) is 0 Å². The van der Waals surface area contributed by atoms with Crippen LogP contribution >= 0.6 is 0 Å². The van der Waals surface area contributed by atoms with Gasteiger partial charge in [0.15, 0.2) is 0 Å². The Hall–Kier alpha value is -3.41. The molecule has 0 aliphatic rings. The summed E-state index contributed by atoms with van der Waals surface area (Å²) >= 11 is 0. The van der Waals surface area contributed by atoms with Crippen molar-refractivity contribution < 1.29 is 10.0 Å². The maximum absolute atomic E-state index is 10.8. The molecule has 0 aliphatic heterocycles. The quantitative estimate of drug-likeness (QED) is 0.332. The molecule has 0 atom stereocenters. The van der Waals surface area contributed by atoms with Crippen LogP contribution in [-0.4, -0.2) is 16.2 Å². The van der Waals surface area contributed by atoms with Gasteiger partial charge in [-0.2, -0.15) is 0 Å². The third kappa shape index (κ3) is 2.82. The van der Waals surface area contributed by atoms with Gasteiger partial charge in [0.05, 0.1) is 16.3 Å². The van der Waals surface area contributed by atoms with E-state index in [1.165, 1.54) is 24.4 Å². The van der Waals surface area contributed by atoms with Gasteiger partial charge in [-0.1, -0.05) is 30.3 Å². The number of nitro benzene ring substituents is 1. The lowest BCUT2D eigenvalue weighted by molar-refractivity contribution is -0.384. The fourth-order valence-electron chi connectivity index (χ4n) is 2.31. The third-order valence-corrected chi connectivity index (χ3v) is 3.51. The summed E-state index contributed by atoms with van der Waals surface area (Å²) in [5, 5.41) is 22.7. The van der Waals surface area contributed by atoms with Crippen molar-refractivity contribution in [1.29, 1.82) is 0 Å². The minimum Gasteiger partial charge on any atom is -0.507 e. The predicted octanol–water partition coefficient (Wildman–Crippen LogP) is 3.79. The first-order valence-corrected chi connectivity index (χ1v) is 6.85. The zero-order valence-electron chi connectivity index (χ0n) is 12.0. The number of fused-ring (bicyclic) bond motifs is 1. The number of aromatic hydroxyl groups is 1. The number of rotatable bonds is 3. The second kappa shape index (κ2) is 5.76. The Kier molecular flexibility index (Phi) is 3.64. The van der Waals surface area contributed by atoms with E-state index < -0.39 is 4.92 Å². The van der Waals surface area contributed by atoms with Gasteiger partial charge in [-0.3, -0.25) is 15.1 Å². The summed E-state index contributed by atoms with van der Waals surface area (Å²) in [6.45, 7) is 0. The number of hydrogen-bond donors (Lipinski definition) is 2. The lowest BCUT2D eigenvalue weighted by atomic mass is 10.0. The largest absolute Gasteiger partial charge is 0.507 e. The van der Waals surface area contributed by atoms with Crippen LogP contribution in [0.3, 0.4) is 0 Å². The Morgan fingerprint density at radius 1 is 1.13 bits per heavy atom. The summed E-state index contributed by atoms with van der Waals surface area (Å²) < 4.78 is 0. The van der Waals surface area contributed by atoms with E-state index in [2.05, 4.69) is 4.99 Å². The summed E-state index contributed by atoms with van der Waals surface area (Å²) in [5.74, 6) is 0.0800. The van der Waals surface area contributed by atoms with Gasteiger partial charge >= 0.3 is 0 Å². The van der Waals surface area contributed by atoms with Crippen molar-refractivity contribution >= 4 is 34.0 Å². The van der Waals surface area contributed by atoms with E-state index in [0.29, 0.717) is 11.3 Å². The fraction of sp³-hybridized carbons (Fsp3) is 0. The zero-order valence-corrected chi connectivity index (χ0v) is 12.0. The highest BCUT2D eigenvalue weighted by atomic mass is 16.6. The van der Waals surface area contributed by atoms with E-state index in [0.717, 1.165) is 10.8 Å². The Labute approximate surface area is 131 Å². The second-order valence-electron chi connectivity index (χ2n) is 4.98. The molecular weight excluding hydrogens is 294 g/mol. The number of nitrogens with two attached hydrogens (primary N) is 1. The minimum atomic E-state index is -0.506. The smallest absolute Gasteiger partial charge is 0.271 e. The van der Waals surface area contributed by atoms with Crippen LogP contribution in [0.5, 0.6) is 5.75 Å². The number of aliphatic imine (C=N–C) groups is 1. The van der Waals surface area contributed by atoms with Gasteiger partial charge in [0.2, 0.25) is 0 Å². The molecule has 0 fully saturated rings. The first-order chi connectivity index (χ1) is 11.1. The van der Waals surface area contributed by atoms with Crippen LogP contribution in [0.1, 0.15) is 5.56 Å². The molecule has 0 amide bonds. The summed E-state index contributed by atoms with van der Waals surface area (Å²) in [6, 6.07) is 15.0. The predicted molar refractivity (Wildman–Crippen MR) is 90.4 cm³/mol. The summed E-state index contributed by atoms with van der Waals surface area (Å²) in [4.78, 5) is 14.5. The number of benzene rings is 3. The van der Waals surface area contributed by atoms with E-state index >= 15 is 0 Å². The van der Waals surface area contributed by atoms with E-state index in [9.17, 15) is 15.2 Å². The summed E-state index contributed by atoms with van der Waals surface area (Å²) in [7, 11) is 0. The number of anilines is 1. The van der Waals surface area contributed by atoms with Crippen molar-refractivity contribution in [3.05, 3.63) is 70.3 Å². The molecule has 6 nitrogen and oxygen atoms in total. The number of hydrogen-bond acceptors (Lipinski definition) is 5. The molecule has 0 bridgehead atoms. The van der Waals surface area contributed by atoms with E-state index in [-0.39, 0.29) is 17.1 Å². The Morgan fingerprint density at radius 2 is 1.91 bits per heavy atom. The summed E-state index contributed by atoms with van der Waals surface area (Å²) in [5.41, 5.74) is 6.86. The van der Waals surface area contributed by atoms with Gasteiger partial charge in [0, 0.05) is 23.9 Å². The van der Waals surface area contributed by atoms with Crippen LogP contribution in [0.15, 0.2) is 59.6 Å². The van der Waals surface area contributed by atoms with Crippen LogP contribution in [-0.2, 0) is 0 Å². The monoisotopic (exact) mass is 307 g/mol. The lowest BCUT2D eigenvalue weighted by Crippen LogP contribution is -1.91. The molecule has 6 heteroatoms. The molecule has 0 unspecified atom stereocenters. The van der Waals surface area contributed by atoms with E-state index in [1.54, 1.807) is 6.07 Å². The van der Waals surface area contributed by atoms with Crippen molar-refractivity contribution in [3.8, 4) is 5.75 Å². The third-order valence-electron chi connectivity index (χ3n) is 3.51. The standard InChI is InChI=1S/C17H13N3O3/c18-15-7-6-12(20(22)23)9-16(15)19-10-14-13-4-2-1-3-11(13)5-8-17(14)21/h1-10,21H,18H2. The molecule has 0 saturated carbocycles. The van der Waals surface area contributed by atoms with Crippen LogP contribution in [0.25, 0.3) is 10.8 Å². The fourth-order valence-corrected chi connectivity index (χ4v) is 2.31. The topological polar surface area (TPSA) is 102 Å². The average Bonchev–Trinajstić information content (AvgIpc) is 2.55. The molecule has 3 aromatic rings. The van der Waals surface area contributed by atoms with Crippen LogP contribution < -0.4 is 5.73 Å². The summed E-state index contributed by atoms with van der Waals surface area (Å²) in [6.07, 6.45) is 1.47. The van der Waals surface area contributed by atoms with Gasteiger partial charge in [-0.25, -0.2) is 0 Å². The maximum Gasteiger partial charge on any atom is 0.271 e. The second-order valence-corrected chi connectivity index (χ2v) is 4.98. The molecule has 0 spiro atoms. The highest BCUT2D eigenvalue weighted by Gasteiger charge is 2.09. The number of non-ortho nitro benzene ring substituents is 1.